The first-order valence-corrected chi connectivity index (χ1v) is 8.80. The van der Waals surface area contributed by atoms with Crippen molar-refractivity contribution in [3.8, 4) is 0 Å². The van der Waals surface area contributed by atoms with Gasteiger partial charge in [-0.2, -0.15) is 0 Å². The van der Waals surface area contributed by atoms with Gasteiger partial charge in [0.1, 0.15) is 0 Å². The van der Waals surface area contributed by atoms with Crippen LogP contribution in [0.3, 0.4) is 0 Å². The predicted octanol–water partition coefficient (Wildman–Crippen LogP) is 3.62. The second-order valence-electron chi connectivity index (χ2n) is 4.37. The molecule has 112 valence electrons. The van der Waals surface area contributed by atoms with Gasteiger partial charge in [0.25, 0.3) is 10.0 Å². The van der Waals surface area contributed by atoms with Crippen molar-refractivity contribution >= 4 is 43.2 Å². The van der Waals surface area contributed by atoms with Crippen molar-refractivity contribution in [1.29, 1.82) is 0 Å². The van der Waals surface area contributed by atoms with Crippen LogP contribution in [0.15, 0.2) is 51.8 Å². The maximum Gasteiger partial charge on any atom is 0.262 e. The number of hydrogen-bond acceptors (Lipinski definition) is 3. The molecule has 0 bridgehead atoms. The summed E-state index contributed by atoms with van der Waals surface area (Å²) in [5.41, 5.74) is 1.15. The molecule has 4 nitrogen and oxygen atoms in total. The molecule has 0 aliphatic carbocycles. The third kappa shape index (κ3) is 3.97. The van der Waals surface area contributed by atoms with Crippen LogP contribution in [0, 0.1) is 0 Å². The number of nitrogens with one attached hydrogen (secondary N) is 2. The largest absolute Gasteiger partial charge is 0.316 e. The molecular formula is C14H14BrClN2O2S. The van der Waals surface area contributed by atoms with Crippen LogP contribution in [0.1, 0.15) is 5.56 Å². The zero-order valence-corrected chi connectivity index (χ0v) is 14.4. The average Bonchev–Trinajstić information content (AvgIpc) is 2.43. The summed E-state index contributed by atoms with van der Waals surface area (Å²) in [6.45, 7) is 0.471. The van der Waals surface area contributed by atoms with Crippen molar-refractivity contribution in [2.75, 3.05) is 11.8 Å². The lowest BCUT2D eigenvalue weighted by Gasteiger charge is -2.13. The van der Waals surface area contributed by atoms with Gasteiger partial charge in [-0.1, -0.05) is 29.8 Å². The second kappa shape index (κ2) is 6.79. The normalized spacial score (nSPS) is 11.4. The molecule has 0 unspecified atom stereocenters. The highest BCUT2D eigenvalue weighted by atomic mass is 79.9. The molecule has 0 aliphatic rings. The molecule has 0 saturated carbocycles. The van der Waals surface area contributed by atoms with E-state index >= 15 is 0 Å². The summed E-state index contributed by atoms with van der Waals surface area (Å²) in [4.78, 5) is 0.251. The average molecular weight is 390 g/mol. The highest BCUT2D eigenvalue weighted by Gasteiger charge is 2.19. The van der Waals surface area contributed by atoms with E-state index in [4.69, 9.17) is 11.6 Å². The molecule has 7 heteroatoms. The highest BCUT2D eigenvalue weighted by Crippen LogP contribution is 2.28. The van der Waals surface area contributed by atoms with E-state index in [-0.39, 0.29) is 4.90 Å². The lowest BCUT2D eigenvalue weighted by atomic mass is 10.2. The topological polar surface area (TPSA) is 58.2 Å². The lowest BCUT2D eigenvalue weighted by molar-refractivity contribution is 0.599. The first kappa shape index (κ1) is 16.3. The molecule has 0 amide bonds. The van der Waals surface area contributed by atoms with E-state index < -0.39 is 10.0 Å². The van der Waals surface area contributed by atoms with E-state index in [1.54, 1.807) is 43.4 Å². The zero-order valence-electron chi connectivity index (χ0n) is 11.2. The van der Waals surface area contributed by atoms with Crippen molar-refractivity contribution in [2.24, 2.45) is 0 Å². The van der Waals surface area contributed by atoms with E-state index in [2.05, 4.69) is 26.0 Å². The SMILES string of the molecule is CNCc1ccccc1S(=O)(=O)Nc1ccc(Cl)cc1Br. The summed E-state index contributed by atoms with van der Waals surface area (Å²) in [7, 11) is -1.89. The molecule has 0 fully saturated rings. The van der Waals surface area contributed by atoms with E-state index in [0.717, 1.165) is 0 Å². The van der Waals surface area contributed by atoms with E-state index in [1.807, 2.05) is 6.07 Å². The standard InChI is InChI=1S/C14H14BrClN2O2S/c1-17-9-10-4-2-3-5-14(10)21(19,20)18-13-7-6-11(16)8-12(13)15/h2-8,17-18H,9H2,1H3. The van der Waals surface area contributed by atoms with Gasteiger partial charge in [-0.3, -0.25) is 4.72 Å². The van der Waals surface area contributed by atoms with Gasteiger partial charge in [0.05, 0.1) is 10.6 Å². The van der Waals surface area contributed by atoms with Crippen molar-refractivity contribution in [2.45, 2.75) is 11.4 Å². The lowest BCUT2D eigenvalue weighted by Crippen LogP contribution is -2.17. The molecule has 0 saturated heterocycles. The van der Waals surface area contributed by atoms with Gasteiger partial charge in [-0.15, -0.1) is 0 Å². The molecule has 2 aromatic carbocycles. The fourth-order valence-electron chi connectivity index (χ4n) is 1.87. The van der Waals surface area contributed by atoms with Crippen LogP contribution in [0.25, 0.3) is 0 Å². The minimum absolute atomic E-state index is 0.251. The molecule has 0 spiro atoms. The van der Waals surface area contributed by atoms with Crippen LogP contribution in [-0.2, 0) is 16.6 Å². The number of anilines is 1. The smallest absolute Gasteiger partial charge is 0.262 e. The summed E-state index contributed by atoms with van der Waals surface area (Å²) < 4.78 is 28.2. The third-order valence-corrected chi connectivity index (χ3v) is 5.16. The molecule has 0 aromatic heterocycles. The molecule has 2 aromatic rings. The fraction of sp³-hybridized carbons (Fsp3) is 0.143. The van der Waals surface area contributed by atoms with E-state index in [1.165, 1.54) is 0 Å². The van der Waals surface area contributed by atoms with Crippen LogP contribution in [0.5, 0.6) is 0 Å². The minimum atomic E-state index is -3.66. The van der Waals surface area contributed by atoms with Crippen LogP contribution >= 0.6 is 27.5 Å². The summed E-state index contributed by atoms with van der Waals surface area (Å²) in [6.07, 6.45) is 0. The van der Waals surface area contributed by atoms with E-state index in [9.17, 15) is 8.42 Å². The van der Waals surface area contributed by atoms with Gasteiger partial charge in [0.15, 0.2) is 0 Å². The Hall–Kier alpha value is -1.08. The summed E-state index contributed by atoms with van der Waals surface area (Å²) in [5, 5.41) is 3.49. The van der Waals surface area contributed by atoms with Gasteiger partial charge in [-0.05, 0) is 52.8 Å². The van der Waals surface area contributed by atoms with Crippen molar-refractivity contribution in [3.05, 3.63) is 57.5 Å². The monoisotopic (exact) mass is 388 g/mol. The Kier molecular flexibility index (Phi) is 5.27. The molecule has 0 heterocycles. The maximum absolute atomic E-state index is 12.5. The molecule has 2 rings (SSSR count). The number of sulfonamides is 1. The van der Waals surface area contributed by atoms with E-state index in [0.29, 0.717) is 27.3 Å². The Morgan fingerprint density at radius 1 is 1.19 bits per heavy atom. The molecular weight excluding hydrogens is 376 g/mol. The third-order valence-electron chi connectivity index (χ3n) is 2.80. The highest BCUT2D eigenvalue weighted by molar-refractivity contribution is 9.10. The Morgan fingerprint density at radius 2 is 1.90 bits per heavy atom. The van der Waals surface area contributed by atoms with Gasteiger partial charge < -0.3 is 5.32 Å². The predicted molar refractivity (Wildman–Crippen MR) is 89.2 cm³/mol. The summed E-state index contributed by atoms with van der Waals surface area (Å²) in [6, 6.07) is 11.8. The van der Waals surface area contributed by atoms with Crippen LogP contribution in [0.2, 0.25) is 5.02 Å². The van der Waals surface area contributed by atoms with Crippen LogP contribution < -0.4 is 10.0 Å². The Balaban J connectivity index is 2.39. The molecule has 2 N–H and O–H groups in total. The molecule has 0 aliphatic heterocycles. The number of rotatable bonds is 5. The Labute approximate surface area is 137 Å². The second-order valence-corrected chi connectivity index (χ2v) is 7.31. The number of hydrogen-bond donors (Lipinski definition) is 2. The van der Waals surface area contributed by atoms with Crippen LogP contribution in [0.4, 0.5) is 5.69 Å². The molecule has 0 atom stereocenters. The van der Waals surface area contributed by atoms with Gasteiger partial charge in [-0.25, -0.2) is 8.42 Å². The quantitative estimate of drug-likeness (QED) is 0.821. The van der Waals surface area contributed by atoms with Gasteiger partial charge in [0, 0.05) is 16.0 Å². The van der Waals surface area contributed by atoms with Crippen molar-refractivity contribution in [1.82, 2.24) is 5.32 Å². The fourth-order valence-corrected chi connectivity index (χ4v) is 4.11. The Morgan fingerprint density at radius 3 is 2.57 bits per heavy atom. The Bertz CT molecular complexity index is 750. The van der Waals surface area contributed by atoms with Gasteiger partial charge >= 0.3 is 0 Å². The number of halogens is 2. The maximum atomic E-state index is 12.5. The van der Waals surface area contributed by atoms with Crippen molar-refractivity contribution < 1.29 is 8.42 Å². The van der Waals surface area contributed by atoms with Crippen LogP contribution in [-0.4, -0.2) is 15.5 Å². The van der Waals surface area contributed by atoms with Crippen molar-refractivity contribution in [3.63, 3.8) is 0 Å². The summed E-state index contributed by atoms with van der Waals surface area (Å²) in [5.74, 6) is 0. The first-order valence-electron chi connectivity index (χ1n) is 6.14. The molecule has 21 heavy (non-hydrogen) atoms. The summed E-state index contributed by atoms with van der Waals surface area (Å²) >= 11 is 9.15. The molecule has 0 radical (unpaired) electrons. The zero-order chi connectivity index (χ0) is 15.5. The minimum Gasteiger partial charge on any atom is -0.316 e. The van der Waals surface area contributed by atoms with Gasteiger partial charge in [0.2, 0.25) is 0 Å². The first-order chi connectivity index (χ1) is 9.94. The number of benzene rings is 2.